The Morgan fingerprint density at radius 1 is 0.367 bits per heavy atom. The maximum absolute atomic E-state index is 2.57. The van der Waals surface area contributed by atoms with E-state index in [0.29, 0.717) is 0 Å². The number of hydrogen-bond donors (Lipinski definition) is 0. The number of thiophene rings is 1. The highest BCUT2D eigenvalue weighted by atomic mass is 32.1. The van der Waals surface area contributed by atoms with Crippen molar-refractivity contribution in [2.45, 2.75) is 24.7 Å². The van der Waals surface area contributed by atoms with Crippen molar-refractivity contribution in [2.24, 2.45) is 0 Å². The van der Waals surface area contributed by atoms with Gasteiger partial charge < -0.3 is 4.90 Å². The van der Waals surface area contributed by atoms with Crippen LogP contribution in [0.15, 0.2) is 200 Å². The second-order valence-electron chi connectivity index (χ2n) is 17.1. The lowest BCUT2D eigenvalue weighted by molar-refractivity contribution is 0.660. The molecule has 0 unspecified atom stereocenters. The molecule has 0 bridgehead atoms. The summed E-state index contributed by atoms with van der Waals surface area (Å²) in [6.45, 7) is 4.77. The first-order chi connectivity index (χ1) is 29.5. The normalized spacial score (nSPS) is 14.4. The molecule has 1 nitrogen and oxygen atoms in total. The van der Waals surface area contributed by atoms with Gasteiger partial charge in [-0.3, -0.25) is 0 Å². The summed E-state index contributed by atoms with van der Waals surface area (Å²) in [6.07, 6.45) is 0. The number of hydrogen-bond acceptors (Lipinski definition) is 2. The summed E-state index contributed by atoms with van der Waals surface area (Å²) in [5.74, 6) is 0. The van der Waals surface area contributed by atoms with Crippen LogP contribution >= 0.6 is 11.3 Å². The van der Waals surface area contributed by atoms with Gasteiger partial charge >= 0.3 is 0 Å². The highest BCUT2D eigenvalue weighted by Crippen LogP contribution is 2.65. The fraction of sp³-hybridized carbons (Fsp3) is 0.0690. The fourth-order valence-electron chi connectivity index (χ4n) is 11.4. The third kappa shape index (κ3) is 4.36. The first-order valence-corrected chi connectivity index (χ1v) is 21.8. The summed E-state index contributed by atoms with van der Waals surface area (Å²) < 4.78 is 2.63. The molecular weight excluding hydrogens is 743 g/mol. The number of benzene rings is 9. The van der Waals surface area contributed by atoms with Crippen LogP contribution in [0.2, 0.25) is 0 Å². The maximum atomic E-state index is 2.57. The van der Waals surface area contributed by atoms with Crippen LogP contribution in [0.25, 0.3) is 64.7 Å². The van der Waals surface area contributed by atoms with Crippen LogP contribution in [0.5, 0.6) is 0 Å². The Hall–Kier alpha value is -7.00. The topological polar surface area (TPSA) is 3.24 Å². The monoisotopic (exact) mass is 781 g/mol. The molecule has 13 rings (SSSR count). The molecule has 10 aromatic rings. The lowest BCUT2D eigenvalue weighted by atomic mass is 9.70. The Bertz CT molecular complexity index is 3390. The zero-order valence-electron chi connectivity index (χ0n) is 33.4. The molecule has 0 N–H and O–H groups in total. The molecule has 0 saturated heterocycles. The average molecular weight is 782 g/mol. The standard InChI is InChI=1S/C58H39NS/c1-57(2)46-22-9-3-17-39(46)42-33-31-37(35-51(42)57)59(52-27-13-7-16-38(52)36-30-32-44-43-20-8-14-29-54(43)60-55(44)34-36)53-28-15-26-50-56(53)45-21-6-12-25-49(45)58(50)47-23-10-4-18-40(47)41-19-5-11-24-48(41)58/h3-35H,1-2H3. The van der Waals surface area contributed by atoms with Crippen LogP contribution in [0.1, 0.15) is 47.2 Å². The van der Waals surface area contributed by atoms with Crippen molar-refractivity contribution in [2.75, 3.05) is 4.90 Å². The Morgan fingerprint density at radius 2 is 0.900 bits per heavy atom. The van der Waals surface area contributed by atoms with E-state index in [9.17, 15) is 0 Å². The number of fused-ring (bicyclic) bond motifs is 16. The molecule has 0 atom stereocenters. The molecule has 282 valence electrons. The van der Waals surface area contributed by atoms with Gasteiger partial charge in [-0.2, -0.15) is 0 Å². The van der Waals surface area contributed by atoms with E-state index in [-0.39, 0.29) is 5.41 Å². The van der Waals surface area contributed by atoms with E-state index in [1.807, 2.05) is 11.3 Å². The lowest BCUT2D eigenvalue weighted by Crippen LogP contribution is -2.26. The predicted molar refractivity (Wildman–Crippen MR) is 253 cm³/mol. The third-order valence-electron chi connectivity index (χ3n) is 13.9. The van der Waals surface area contributed by atoms with Crippen LogP contribution in [0.3, 0.4) is 0 Å². The van der Waals surface area contributed by atoms with Gasteiger partial charge in [0.2, 0.25) is 0 Å². The molecule has 60 heavy (non-hydrogen) atoms. The van der Waals surface area contributed by atoms with Crippen LogP contribution < -0.4 is 4.90 Å². The van der Waals surface area contributed by atoms with E-state index in [2.05, 4.69) is 219 Å². The Morgan fingerprint density at radius 3 is 1.65 bits per heavy atom. The second-order valence-corrected chi connectivity index (χ2v) is 18.2. The maximum Gasteiger partial charge on any atom is 0.0726 e. The third-order valence-corrected chi connectivity index (χ3v) is 15.0. The number of para-hydroxylation sites is 1. The summed E-state index contributed by atoms with van der Waals surface area (Å²) in [6, 6.07) is 75.5. The predicted octanol–water partition coefficient (Wildman–Crippen LogP) is 15.8. The van der Waals surface area contributed by atoms with Gasteiger partial charge in [0.1, 0.15) is 0 Å². The van der Waals surface area contributed by atoms with Crippen LogP contribution in [-0.4, -0.2) is 0 Å². The summed E-state index contributed by atoms with van der Waals surface area (Å²) in [7, 11) is 0. The largest absolute Gasteiger partial charge is 0.309 e. The summed E-state index contributed by atoms with van der Waals surface area (Å²) in [5, 5.41) is 2.64. The Labute approximate surface area is 354 Å². The van der Waals surface area contributed by atoms with Gasteiger partial charge in [0, 0.05) is 42.4 Å². The molecule has 0 saturated carbocycles. The van der Waals surface area contributed by atoms with Gasteiger partial charge in [-0.25, -0.2) is 0 Å². The van der Waals surface area contributed by atoms with Gasteiger partial charge in [0.15, 0.2) is 0 Å². The average Bonchev–Trinajstić information content (AvgIpc) is 3.99. The lowest BCUT2D eigenvalue weighted by Gasteiger charge is -2.33. The van der Waals surface area contributed by atoms with Crippen molar-refractivity contribution >= 4 is 48.6 Å². The van der Waals surface area contributed by atoms with E-state index >= 15 is 0 Å². The van der Waals surface area contributed by atoms with Gasteiger partial charge in [0.05, 0.1) is 16.8 Å². The van der Waals surface area contributed by atoms with E-state index in [4.69, 9.17) is 0 Å². The summed E-state index contributed by atoms with van der Waals surface area (Å²) in [4.78, 5) is 2.57. The molecule has 0 radical (unpaired) electrons. The van der Waals surface area contributed by atoms with Crippen molar-refractivity contribution in [3.8, 4) is 44.5 Å². The van der Waals surface area contributed by atoms with Gasteiger partial charge in [-0.05, 0) is 103 Å². The highest BCUT2D eigenvalue weighted by Gasteiger charge is 2.52. The van der Waals surface area contributed by atoms with E-state index in [1.165, 1.54) is 104 Å². The summed E-state index contributed by atoms with van der Waals surface area (Å²) in [5.41, 5.74) is 21.3. The zero-order chi connectivity index (χ0) is 39.7. The SMILES string of the molecule is CC1(C)c2ccccc2-c2ccc(N(c3ccccc3-c3ccc4c(c3)sc3ccccc34)c3cccc4c3-c3ccccc3C43c4ccccc4-c4ccccc43)cc21. The van der Waals surface area contributed by atoms with Crippen LogP contribution in [-0.2, 0) is 10.8 Å². The molecular formula is C58H39NS. The van der Waals surface area contributed by atoms with Crippen molar-refractivity contribution in [1.82, 2.24) is 0 Å². The molecule has 1 heterocycles. The molecule has 3 aliphatic carbocycles. The van der Waals surface area contributed by atoms with E-state index in [0.717, 1.165) is 11.4 Å². The van der Waals surface area contributed by atoms with E-state index < -0.39 is 5.41 Å². The summed E-state index contributed by atoms with van der Waals surface area (Å²) >= 11 is 1.88. The molecule has 0 fully saturated rings. The van der Waals surface area contributed by atoms with Crippen molar-refractivity contribution < 1.29 is 0 Å². The zero-order valence-corrected chi connectivity index (χ0v) is 34.2. The molecule has 0 aliphatic heterocycles. The van der Waals surface area contributed by atoms with E-state index in [1.54, 1.807) is 0 Å². The smallest absolute Gasteiger partial charge is 0.0726 e. The van der Waals surface area contributed by atoms with Crippen molar-refractivity contribution in [1.29, 1.82) is 0 Å². The molecule has 2 heteroatoms. The first-order valence-electron chi connectivity index (χ1n) is 21.0. The van der Waals surface area contributed by atoms with Crippen LogP contribution in [0.4, 0.5) is 17.1 Å². The Balaban J connectivity index is 1.10. The quantitative estimate of drug-likeness (QED) is 0.172. The minimum atomic E-state index is -0.436. The fourth-order valence-corrected chi connectivity index (χ4v) is 12.5. The molecule has 0 amide bonds. The van der Waals surface area contributed by atoms with Crippen molar-refractivity contribution in [3.63, 3.8) is 0 Å². The van der Waals surface area contributed by atoms with Gasteiger partial charge in [-0.15, -0.1) is 11.3 Å². The first kappa shape index (κ1) is 33.9. The number of nitrogens with zero attached hydrogens (tertiary/aromatic N) is 1. The highest BCUT2D eigenvalue weighted by molar-refractivity contribution is 7.25. The molecule has 3 aliphatic rings. The minimum Gasteiger partial charge on any atom is -0.309 e. The number of anilines is 3. The minimum absolute atomic E-state index is 0.147. The van der Waals surface area contributed by atoms with Gasteiger partial charge in [-0.1, -0.05) is 178 Å². The van der Waals surface area contributed by atoms with Gasteiger partial charge in [0.25, 0.3) is 0 Å². The van der Waals surface area contributed by atoms with Crippen molar-refractivity contribution in [3.05, 3.63) is 234 Å². The second kappa shape index (κ2) is 12.3. The number of rotatable bonds is 4. The Kier molecular flexibility index (Phi) is 6.94. The molecule has 1 spiro atoms. The molecule has 9 aromatic carbocycles. The molecule has 1 aromatic heterocycles. The van der Waals surface area contributed by atoms with Crippen LogP contribution in [0, 0.1) is 0 Å².